The number of fused-ring (bicyclic) bond motifs is 1. The van der Waals surface area contributed by atoms with Crippen molar-refractivity contribution in [1.82, 2.24) is 0 Å². The number of hydrogen-bond donors (Lipinski definition) is 0. The maximum atomic E-state index is 13.8. The molecular formula is C30H23N3O8S. The van der Waals surface area contributed by atoms with Gasteiger partial charge in [0, 0.05) is 12.1 Å². The molecule has 0 aromatic heterocycles. The molecule has 0 N–H and O–H groups in total. The molecule has 2 saturated heterocycles. The van der Waals surface area contributed by atoms with Gasteiger partial charge in [0.25, 0.3) is 11.6 Å². The van der Waals surface area contributed by atoms with Gasteiger partial charge in [-0.25, -0.2) is 9.96 Å². The van der Waals surface area contributed by atoms with Crippen LogP contribution in [-0.4, -0.2) is 31.3 Å². The number of amides is 2. The number of benzene rings is 4. The van der Waals surface area contributed by atoms with Crippen molar-refractivity contribution in [3.8, 4) is 5.75 Å². The highest BCUT2D eigenvalue weighted by atomic mass is 32.2. The summed E-state index contributed by atoms with van der Waals surface area (Å²) in [6.45, 7) is 1.89. The van der Waals surface area contributed by atoms with Crippen LogP contribution in [-0.2, 0) is 24.5 Å². The third kappa shape index (κ3) is 4.76. The summed E-state index contributed by atoms with van der Waals surface area (Å²) in [7, 11) is -4.09. The van der Waals surface area contributed by atoms with Crippen LogP contribution in [0.15, 0.2) is 108 Å². The Hall–Kier alpha value is -5.07. The van der Waals surface area contributed by atoms with Gasteiger partial charge < -0.3 is 4.18 Å². The average Bonchev–Trinajstić information content (AvgIpc) is 3.50. The van der Waals surface area contributed by atoms with Crippen molar-refractivity contribution >= 4 is 39.0 Å². The standard InChI is InChI=1S/C30H23N3O8S/c1-19-10-14-21(15-11-19)31-29(34)26-27(32(40-28(26)30(31)35)22-6-5-7-23(18-22)33(36)37)20-12-16-24(17-13-20)41-42(38,39)25-8-3-2-4-9-25/h2-18,26-28H,1H3/t26-,27+,28+/m1/s1. The Morgan fingerprint density at radius 1 is 0.833 bits per heavy atom. The molecule has 2 aliphatic heterocycles. The molecular weight excluding hydrogens is 562 g/mol. The lowest BCUT2D eigenvalue weighted by Crippen LogP contribution is -2.37. The van der Waals surface area contributed by atoms with E-state index in [0.29, 0.717) is 11.3 Å². The third-order valence-electron chi connectivity index (χ3n) is 7.16. The second-order valence-electron chi connectivity index (χ2n) is 9.87. The van der Waals surface area contributed by atoms with Crippen molar-refractivity contribution in [3.63, 3.8) is 0 Å². The molecule has 0 bridgehead atoms. The Labute approximate surface area is 240 Å². The predicted octanol–water partition coefficient (Wildman–Crippen LogP) is 4.72. The van der Waals surface area contributed by atoms with Gasteiger partial charge in [0.15, 0.2) is 6.10 Å². The van der Waals surface area contributed by atoms with E-state index in [1.807, 2.05) is 6.92 Å². The van der Waals surface area contributed by atoms with Crippen LogP contribution in [0.4, 0.5) is 17.1 Å². The number of non-ortho nitro benzene ring substituents is 1. The van der Waals surface area contributed by atoms with E-state index >= 15 is 0 Å². The molecule has 4 aromatic rings. The summed E-state index contributed by atoms with van der Waals surface area (Å²) in [5.74, 6) is -1.99. The smallest absolute Gasteiger partial charge is 0.339 e. The first-order valence-corrected chi connectivity index (χ1v) is 14.3. The number of hydroxylamine groups is 1. The number of carbonyl (C=O) groups excluding carboxylic acids is 2. The molecule has 2 heterocycles. The van der Waals surface area contributed by atoms with Crippen molar-refractivity contribution in [3.05, 3.63) is 124 Å². The fraction of sp³-hybridized carbons (Fsp3) is 0.133. The number of hydrogen-bond acceptors (Lipinski definition) is 9. The highest BCUT2D eigenvalue weighted by Crippen LogP contribution is 2.48. The summed E-state index contributed by atoms with van der Waals surface area (Å²) in [6.07, 6.45) is -1.18. The molecule has 2 amide bonds. The SMILES string of the molecule is Cc1ccc(N2C(=O)[C@H]3[C@H](ON(c4cccc([N+](=O)[O-])c4)[C@H]3c3ccc(OS(=O)(=O)c4ccccc4)cc3)C2=O)cc1. The number of rotatable bonds is 7. The van der Waals surface area contributed by atoms with Crippen molar-refractivity contribution in [2.24, 2.45) is 5.92 Å². The van der Waals surface area contributed by atoms with Crippen molar-refractivity contribution in [2.75, 3.05) is 9.96 Å². The molecule has 2 aliphatic rings. The predicted molar refractivity (Wildman–Crippen MR) is 151 cm³/mol. The quantitative estimate of drug-likeness (QED) is 0.131. The first-order valence-electron chi connectivity index (χ1n) is 12.9. The molecule has 12 heteroatoms. The summed E-state index contributed by atoms with van der Waals surface area (Å²) in [4.78, 5) is 45.4. The van der Waals surface area contributed by atoms with E-state index in [0.717, 1.165) is 10.5 Å². The average molecular weight is 586 g/mol. The Balaban J connectivity index is 1.37. The van der Waals surface area contributed by atoms with E-state index in [4.69, 9.17) is 9.02 Å². The molecule has 42 heavy (non-hydrogen) atoms. The molecule has 0 saturated carbocycles. The monoisotopic (exact) mass is 585 g/mol. The van der Waals surface area contributed by atoms with Crippen LogP contribution in [0.2, 0.25) is 0 Å². The van der Waals surface area contributed by atoms with Crippen LogP contribution in [0.25, 0.3) is 0 Å². The van der Waals surface area contributed by atoms with E-state index in [-0.39, 0.29) is 22.0 Å². The minimum Gasteiger partial charge on any atom is -0.379 e. The van der Waals surface area contributed by atoms with Gasteiger partial charge >= 0.3 is 10.1 Å². The topological polar surface area (TPSA) is 136 Å². The normalized spacial score (nSPS) is 20.1. The Kier molecular flexibility index (Phi) is 6.71. The zero-order valence-corrected chi connectivity index (χ0v) is 22.9. The Morgan fingerprint density at radius 2 is 1.52 bits per heavy atom. The van der Waals surface area contributed by atoms with Crippen molar-refractivity contribution in [2.45, 2.75) is 24.0 Å². The van der Waals surface area contributed by atoms with Gasteiger partial charge in [-0.3, -0.25) is 24.5 Å². The molecule has 0 unspecified atom stereocenters. The fourth-order valence-corrected chi connectivity index (χ4v) is 6.10. The summed E-state index contributed by atoms with van der Waals surface area (Å²) < 4.78 is 30.7. The lowest BCUT2D eigenvalue weighted by atomic mass is 9.90. The number of aryl methyl sites for hydroxylation is 1. The van der Waals surface area contributed by atoms with Crippen LogP contribution in [0, 0.1) is 23.0 Å². The van der Waals surface area contributed by atoms with Gasteiger partial charge in [0.05, 0.1) is 22.3 Å². The first-order chi connectivity index (χ1) is 20.1. The van der Waals surface area contributed by atoms with Crippen molar-refractivity contribution in [1.29, 1.82) is 0 Å². The summed E-state index contributed by atoms with van der Waals surface area (Å²) in [5, 5.41) is 12.8. The van der Waals surface area contributed by atoms with Gasteiger partial charge in [-0.05, 0) is 55.0 Å². The Bertz CT molecular complexity index is 1790. The van der Waals surface area contributed by atoms with Gasteiger partial charge in [-0.1, -0.05) is 54.1 Å². The van der Waals surface area contributed by atoms with Crippen LogP contribution >= 0.6 is 0 Å². The summed E-state index contributed by atoms with van der Waals surface area (Å²) in [6, 6.07) is 25.5. The first kappa shape index (κ1) is 27.1. The van der Waals surface area contributed by atoms with Crippen molar-refractivity contribution < 1.29 is 32.0 Å². The number of nitrogens with zero attached hydrogens (tertiary/aromatic N) is 3. The Morgan fingerprint density at radius 3 is 2.19 bits per heavy atom. The van der Waals surface area contributed by atoms with Gasteiger partial charge in [-0.2, -0.15) is 8.42 Å². The molecule has 0 spiro atoms. The molecule has 11 nitrogen and oxygen atoms in total. The van der Waals surface area contributed by atoms with Crippen LogP contribution in [0.1, 0.15) is 17.2 Å². The second kappa shape index (κ2) is 10.4. The zero-order valence-electron chi connectivity index (χ0n) is 22.1. The minimum atomic E-state index is -4.09. The van der Waals surface area contributed by atoms with Gasteiger partial charge in [-0.15, -0.1) is 0 Å². The minimum absolute atomic E-state index is 0.00998. The summed E-state index contributed by atoms with van der Waals surface area (Å²) in [5.41, 5.74) is 1.95. The molecule has 3 atom stereocenters. The summed E-state index contributed by atoms with van der Waals surface area (Å²) >= 11 is 0. The van der Waals surface area contributed by atoms with E-state index in [9.17, 15) is 28.1 Å². The van der Waals surface area contributed by atoms with E-state index < -0.39 is 44.9 Å². The largest absolute Gasteiger partial charge is 0.379 e. The van der Waals surface area contributed by atoms with Gasteiger partial charge in [0.2, 0.25) is 5.91 Å². The highest BCUT2D eigenvalue weighted by molar-refractivity contribution is 7.87. The molecule has 2 fully saturated rings. The lowest BCUT2D eigenvalue weighted by Gasteiger charge is -2.28. The lowest BCUT2D eigenvalue weighted by molar-refractivity contribution is -0.384. The van der Waals surface area contributed by atoms with Crippen LogP contribution in [0.5, 0.6) is 5.75 Å². The molecule has 0 aliphatic carbocycles. The molecule has 212 valence electrons. The van der Waals surface area contributed by atoms with Crippen LogP contribution < -0.4 is 14.1 Å². The van der Waals surface area contributed by atoms with Crippen LogP contribution in [0.3, 0.4) is 0 Å². The van der Waals surface area contributed by atoms with E-state index in [1.165, 1.54) is 47.5 Å². The third-order valence-corrected chi connectivity index (χ3v) is 8.42. The zero-order chi connectivity index (χ0) is 29.6. The number of nitro groups is 1. The second-order valence-corrected chi connectivity index (χ2v) is 11.4. The molecule has 4 aromatic carbocycles. The van der Waals surface area contributed by atoms with E-state index in [1.54, 1.807) is 60.7 Å². The number of anilines is 2. The van der Waals surface area contributed by atoms with Gasteiger partial charge in [0.1, 0.15) is 16.6 Å². The molecule has 6 rings (SSSR count). The number of carbonyl (C=O) groups is 2. The number of nitro benzene ring substituents is 1. The maximum absolute atomic E-state index is 13.8. The highest BCUT2D eigenvalue weighted by Gasteiger charge is 2.60. The molecule has 0 radical (unpaired) electrons. The number of imide groups is 1. The maximum Gasteiger partial charge on any atom is 0.339 e. The fourth-order valence-electron chi connectivity index (χ4n) is 5.15. The van der Waals surface area contributed by atoms with E-state index in [2.05, 4.69) is 0 Å².